The molecule has 0 N–H and O–H groups in total. The first-order chi connectivity index (χ1) is 6.87. The van der Waals surface area contributed by atoms with Crippen LogP contribution in [0.1, 0.15) is 53.4 Å². The topological polar surface area (TPSA) is 27.0 Å². The van der Waals surface area contributed by atoms with Gasteiger partial charge in [-0.25, -0.2) is 0 Å². The fourth-order valence-electron chi connectivity index (χ4n) is 2.35. The minimum Gasteiger partial charge on any atom is -0.298 e. The summed E-state index contributed by atoms with van der Waals surface area (Å²) in [5, 5.41) is 8.93. The second-order valence-corrected chi connectivity index (χ2v) is 6.00. The van der Waals surface area contributed by atoms with Gasteiger partial charge in [0, 0.05) is 5.54 Å². The lowest BCUT2D eigenvalue weighted by Crippen LogP contribution is -2.38. The molecule has 1 fully saturated rings. The van der Waals surface area contributed by atoms with Crippen molar-refractivity contribution in [2.24, 2.45) is 5.41 Å². The highest BCUT2D eigenvalue weighted by Crippen LogP contribution is 2.29. The third-order valence-electron chi connectivity index (χ3n) is 3.61. The van der Waals surface area contributed by atoms with Crippen LogP contribution in [0.3, 0.4) is 0 Å². The highest BCUT2D eigenvalue weighted by Gasteiger charge is 2.31. The Labute approximate surface area is 94.3 Å². The Morgan fingerprint density at radius 1 is 1.40 bits per heavy atom. The van der Waals surface area contributed by atoms with Gasteiger partial charge in [-0.15, -0.1) is 0 Å². The molecule has 2 heteroatoms. The van der Waals surface area contributed by atoms with E-state index in [4.69, 9.17) is 5.26 Å². The summed E-state index contributed by atoms with van der Waals surface area (Å²) in [4.78, 5) is 2.57. The van der Waals surface area contributed by atoms with E-state index in [9.17, 15) is 0 Å². The highest BCUT2D eigenvalue weighted by molar-refractivity contribution is 4.92. The van der Waals surface area contributed by atoms with Gasteiger partial charge in [0.15, 0.2) is 0 Å². The van der Waals surface area contributed by atoms with Crippen LogP contribution in [-0.2, 0) is 0 Å². The van der Waals surface area contributed by atoms with E-state index in [0.717, 1.165) is 19.4 Å². The molecule has 0 radical (unpaired) electrons. The summed E-state index contributed by atoms with van der Waals surface area (Å²) in [6, 6.07) is 2.37. The predicted molar refractivity (Wildman–Crippen MR) is 63.5 cm³/mol. The lowest BCUT2D eigenvalue weighted by Gasteiger charge is -2.32. The lowest BCUT2D eigenvalue weighted by atomic mass is 9.89. The molecule has 1 aliphatic rings. The molecular formula is C13H24N2. The maximum absolute atomic E-state index is 8.93. The maximum Gasteiger partial charge on any atom is 0.0683 e. The van der Waals surface area contributed by atoms with Crippen molar-refractivity contribution < 1.29 is 0 Å². The van der Waals surface area contributed by atoms with Gasteiger partial charge in [-0.2, -0.15) is 5.26 Å². The molecule has 0 amide bonds. The number of hydrogen-bond acceptors (Lipinski definition) is 2. The van der Waals surface area contributed by atoms with E-state index >= 15 is 0 Å². The summed E-state index contributed by atoms with van der Waals surface area (Å²) in [5.41, 5.74) is 0.237. The van der Waals surface area contributed by atoms with Crippen LogP contribution < -0.4 is 0 Å². The monoisotopic (exact) mass is 208 g/mol. The molecule has 0 bridgehead atoms. The molecule has 0 aromatic rings. The van der Waals surface area contributed by atoms with Crippen LogP contribution in [0.15, 0.2) is 0 Å². The Morgan fingerprint density at radius 3 is 2.53 bits per heavy atom. The van der Waals surface area contributed by atoms with Gasteiger partial charge in [-0.3, -0.25) is 4.90 Å². The molecule has 86 valence electrons. The molecule has 0 aliphatic carbocycles. The van der Waals surface area contributed by atoms with Gasteiger partial charge < -0.3 is 0 Å². The molecule has 0 aromatic heterocycles. The first kappa shape index (κ1) is 12.5. The number of nitrogens with zero attached hydrogens (tertiary/aromatic N) is 2. The minimum atomic E-state index is -0.149. The van der Waals surface area contributed by atoms with E-state index in [2.05, 4.69) is 24.8 Å². The normalized spacial score (nSPS) is 21.5. The van der Waals surface area contributed by atoms with Crippen molar-refractivity contribution in [2.75, 3.05) is 13.1 Å². The molecule has 1 saturated heterocycles. The average molecular weight is 208 g/mol. The zero-order valence-corrected chi connectivity index (χ0v) is 10.6. The van der Waals surface area contributed by atoms with Crippen molar-refractivity contribution in [3.8, 4) is 6.07 Å². The Hall–Kier alpha value is -0.550. The third kappa shape index (κ3) is 3.50. The zero-order valence-electron chi connectivity index (χ0n) is 10.6. The Bertz CT molecular complexity index is 248. The zero-order chi connectivity index (χ0) is 11.5. The fourth-order valence-corrected chi connectivity index (χ4v) is 2.35. The molecule has 0 atom stereocenters. The van der Waals surface area contributed by atoms with Gasteiger partial charge in [0.1, 0.15) is 0 Å². The van der Waals surface area contributed by atoms with Crippen LogP contribution in [-0.4, -0.2) is 23.5 Å². The molecule has 0 spiro atoms. The maximum atomic E-state index is 8.93. The summed E-state index contributed by atoms with van der Waals surface area (Å²) < 4.78 is 0. The van der Waals surface area contributed by atoms with Gasteiger partial charge in [0.05, 0.1) is 11.5 Å². The number of likely N-dealkylation sites (tertiary alicyclic amines) is 1. The molecule has 0 aromatic carbocycles. The van der Waals surface area contributed by atoms with Crippen molar-refractivity contribution in [1.82, 2.24) is 4.90 Å². The molecule has 0 saturated carbocycles. The van der Waals surface area contributed by atoms with Crippen molar-refractivity contribution in [3.05, 3.63) is 0 Å². The van der Waals surface area contributed by atoms with Crippen LogP contribution in [0.25, 0.3) is 0 Å². The van der Waals surface area contributed by atoms with Crippen LogP contribution in [0.4, 0.5) is 0 Å². The van der Waals surface area contributed by atoms with Crippen LogP contribution in [0.5, 0.6) is 0 Å². The lowest BCUT2D eigenvalue weighted by molar-refractivity contribution is 0.167. The molecular weight excluding hydrogens is 184 g/mol. The SMILES string of the molecule is CC(C)(C#N)CCCN1CCCC1(C)C. The quantitative estimate of drug-likeness (QED) is 0.709. The van der Waals surface area contributed by atoms with E-state index < -0.39 is 0 Å². The van der Waals surface area contributed by atoms with Gasteiger partial charge >= 0.3 is 0 Å². The molecule has 1 heterocycles. The average Bonchev–Trinajstić information content (AvgIpc) is 2.46. The van der Waals surface area contributed by atoms with E-state index in [-0.39, 0.29) is 5.41 Å². The largest absolute Gasteiger partial charge is 0.298 e. The molecule has 0 unspecified atom stereocenters. The van der Waals surface area contributed by atoms with E-state index in [0.29, 0.717) is 5.54 Å². The van der Waals surface area contributed by atoms with Crippen LogP contribution in [0.2, 0.25) is 0 Å². The van der Waals surface area contributed by atoms with E-state index in [1.807, 2.05) is 13.8 Å². The van der Waals surface area contributed by atoms with Crippen molar-refractivity contribution in [1.29, 1.82) is 5.26 Å². The minimum absolute atomic E-state index is 0.149. The number of nitriles is 1. The highest BCUT2D eigenvalue weighted by atomic mass is 15.2. The van der Waals surface area contributed by atoms with Crippen molar-refractivity contribution in [2.45, 2.75) is 58.9 Å². The van der Waals surface area contributed by atoms with E-state index in [1.54, 1.807) is 0 Å². The Kier molecular flexibility index (Phi) is 3.78. The van der Waals surface area contributed by atoms with Crippen LogP contribution >= 0.6 is 0 Å². The molecule has 2 nitrogen and oxygen atoms in total. The standard InChI is InChI=1S/C13H24N2/c1-12(2,11-14)7-5-9-15-10-6-8-13(15,3)4/h5-10H2,1-4H3. The van der Waals surface area contributed by atoms with Gasteiger partial charge in [0.2, 0.25) is 0 Å². The second kappa shape index (κ2) is 4.53. The Balaban J connectivity index is 2.30. The van der Waals surface area contributed by atoms with Gasteiger partial charge in [0.25, 0.3) is 0 Å². The predicted octanol–water partition coefficient (Wildman–Crippen LogP) is 3.19. The first-order valence-electron chi connectivity index (χ1n) is 6.04. The number of rotatable bonds is 4. The molecule has 15 heavy (non-hydrogen) atoms. The fraction of sp³-hybridized carbons (Fsp3) is 0.923. The van der Waals surface area contributed by atoms with Crippen molar-refractivity contribution >= 4 is 0 Å². The van der Waals surface area contributed by atoms with E-state index in [1.165, 1.54) is 19.4 Å². The number of hydrogen-bond donors (Lipinski definition) is 0. The van der Waals surface area contributed by atoms with Gasteiger partial charge in [-0.1, -0.05) is 0 Å². The summed E-state index contributed by atoms with van der Waals surface area (Å²) in [6.45, 7) is 11.1. The summed E-state index contributed by atoms with van der Waals surface area (Å²) in [5.74, 6) is 0. The van der Waals surface area contributed by atoms with Gasteiger partial charge in [-0.05, 0) is 66.5 Å². The smallest absolute Gasteiger partial charge is 0.0683 e. The third-order valence-corrected chi connectivity index (χ3v) is 3.61. The summed E-state index contributed by atoms with van der Waals surface area (Å²) in [6.07, 6.45) is 4.79. The summed E-state index contributed by atoms with van der Waals surface area (Å²) in [7, 11) is 0. The Morgan fingerprint density at radius 2 is 2.07 bits per heavy atom. The first-order valence-corrected chi connectivity index (χ1v) is 6.04. The van der Waals surface area contributed by atoms with Crippen molar-refractivity contribution in [3.63, 3.8) is 0 Å². The summed E-state index contributed by atoms with van der Waals surface area (Å²) >= 11 is 0. The van der Waals surface area contributed by atoms with Crippen LogP contribution in [0, 0.1) is 16.7 Å². The second-order valence-electron chi connectivity index (χ2n) is 6.00. The molecule has 1 aliphatic heterocycles. The molecule has 1 rings (SSSR count).